The first-order chi connectivity index (χ1) is 10.0. The van der Waals surface area contributed by atoms with E-state index >= 15 is 0 Å². The second-order valence-electron chi connectivity index (χ2n) is 6.26. The number of ether oxygens (including phenoxy) is 1. The number of hydrogen-bond acceptors (Lipinski definition) is 3. The second-order valence-corrected chi connectivity index (χ2v) is 6.26. The molecule has 0 unspecified atom stereocenters. The van der Waals surface area contributed by atoms with Crippen molar-refractivity contribution in [1.82, 2.24) is 0 Å². The fourth-order valence-electron chi connectivity index (χ4n) is 2.92. The minimum absolute atomic E-state index is 0.00127. The van der Waals surface area contributed by atoms with E-state index in [9.17, 15) is 22.7 Å². The van der Waals surface area contributed by atoms with Gasteiger partial charge in [0.2, 0.25) is 0 Å². The summed E-state index contributed by atoms with van der Waals surface area (Å²) in [5, 5.41) is 18.8. The van der Waals surface area contributed by atoms with E-state index in [-0.39, 0.29) is 11.3 Å². The van der Waals surface area contributed by atoms with Gasteiger partial charge in [0.25, 0.3) is 0 Å². The zero-order valence-corrected chi connectivity index (χ0v) is 12.3. The molecular weight excluding hydrogens is 304 g/mol. The van der Waals surface area contributed by atoms with Crippen LogP contribution in [0.1, 0.15) is 31.4 Å². The van der Waals surface area contributed by atoms with E-state index in [1.807, 2.05) is 0 Å². The van der Waals surface area contributed by atoms with Gasteiger partial charge in [-0.05, 0) is 23.5 Å². The third kappa shape index (κ3) is 2.79. The van der Waals surface area contributed by atoms with Crippen molar-refractivity contribution in [2.24, 2.45) is 0 Å². The summed E-state index contributed by atoms with van der Waals surface area (Å²) < 4.78 is 58.5. The van der Waals surface area contributed by atoms with Crippen LogP contribution < -0.4 is 4.74 Å². The van der Waals surface area contributed by atoms with Crippen LogP contribution in [-0.2, 0) is 11.8 Å². The molecule has 0 saturated carbocycles. The maximum Gasteiger partial charge on any atom is 0.419 e. The summed E-state index contributed by atoms with van der Waals surface area (Å²) in [7, 11) is 0. The minimum Gasteiger partial charge on any atom is -0.493 e. The quantitative estimate of drug-likeness (QED) is 0.838. The average Bonchev–Trinajstić information content (AvgIpc) is 2.84. The Morgan fingerprint density at radius 1 is 1.23 bits per heavy atom. The van der Waals surface area contributed by atoms with Crippen molar-refractivity contribution in [3.63, 3.8) is 0 Å². The molecule has 0 saturated heterocycles. The normalized spacial score (nSPS) is 17.8. The summed E-state index contributed by atoms with van der Waals surface area (Å²) in [4.78, 5) is 0. The molecule has 0 bridgehead atoms. The van der Waals surface area contributed by atoms with Crippen LogP contribution in [0, 0.1) is 5.82 Å². The van der Waals surface area contributed by atoms with E-state index in [1.165, 1.54) is 19.9 Å². The van der Waals surface area contributed by atoms with Gasteiger partial charge in [-0.2, -0.15) is 13.2 Å². The van der Waals surface area contributed by atoms with Crippen molar-refractivity contribution < 1.29 is 32.5 Å². The molecule has 1 heterocycles. The highest BCUT2D eigenvalue weighted by Gasteiger charge is 2.56. The lowest BCUT2D eigenvalue weighted by Crippen LogP contribution is -2.52. The molecule has 0 fully saturated rings. The molecule has 3 nitrogen and oxygen atoms in total. The fourth-order valence-corrected chi connectivity index (χ4v) is 2.92. The molecule has 1 atom stereocenters. The van der Waals surface area contributed by atoms with Crippen molar-refractivity contribution in [3.05, 3.63) is 29.1 Å². The van der Waals surface area contributed by atoms with E-state index in [0.717, 1.165) is 5.56 Å². The van der Waals surface area contributed by atoms with Gasteiger partial charge in [0.1, 0.15) is 11.6 Å². The standard InChI is InChI=1S/C15H18F4O3/c1-13(2,7-14(21,8-20)15(17,18)19)11-10(16)4-3-9-5-6-22-12(9)11/h3-4,20-21H,5-8H2,1-2H3/t14-/m1/s1. The van der Waals surface area contributed by atoms with Gasteiger partial charge in [-0.15, -0.1) is 0 Å². The number of alkyl halides is 3. The predicted molar refractivity (Wildman–Crippen MR) is 71.3 cm³/mol. The lowest BCUT2D eigenvalue weighted by atomic mass is 9.74. The van der Waals surface area contributed by atoms with Gasteiger partial charge in [-0.3, -0.25) is 0 Å². The van der Waals surface area contributed by atoms with Gasteiger partial charge in [0, 0.05) is 12.0 Å². The monoisotopic (exact) mass is 322 g/mol. The number of hydrogen-bond donors (Lipinski definition) is 2. The van der Waals surface area contributed by atoms with E-state index in [1.54, 1.807) is 6.07 Å². The molecular formula is C15H18F4O3. The van der Waals surface area contributed by atoms with Crippen LogP contribution in [0.4, 0.5) is 17.6 Å². The largest absolute Gasteiger partial charge is 0.493 e. The van der Waals surface area contributed by atoms with Gasteiger partial charge in [0.05, 0.1) is 13.2 Å². The SMILES string of the molecule is CC(C)(C[C@@](O)(CO)C(F)(F)F)c1c(F)ccc2c1OCC2. The van der Waals surface area contributed by atoms with Gasteiger partial charge in [-0.1, -0.05) is 19.9 Å². The first-order valence-corrected chi connectivity index (χ1v) is 6.86. The molecule has 0 spiro atoms. The highest BCUT2D eigenvalue weighted by molar-refractivity contribution is 5.48. The fraction of sp³-hybridized carbons (Fsp3) is 0.600. The summed E-state index contributed by atoms with van der Waals surface area (Å²) in [5.41, 5.74) is -3.96. The van der Waals surface area contributed by atoms with Crippen LogP contribution in [0.2, 0.25) is 0 Å². The van der Waals surface area contributed by atoms with Gasteiger partial charge in [-0.25, -0.2) is 4.39 Å². The molecule has 1 aliphatic heterocycles. The summed E-state index contributed by atoms with van der Waals surface area (Å²) in [6.07, 6.45) is -5.34. The Morgan fingerprint density at radius 2 is 1.86 bits per heavy atom. The van der Waals surface area contributed by atoms with Crippen LogP contribution in [0.15, 0.2) is 12.1 Å². The molecule has 1 aromatic carbocycles. The molecule has 0 radical (unpaired) electrons. The van der Waals surface area contributed by atoms with Gasteiger partial charge < -0.3 is 14.9 Å². The first kappa shape index (κ1) is 17.0. The molecule has 124 valence electrons. The molecule has 0 aromatic heterocycles. The highest BCUT2D eigenvalue weighted by atomic mass is 19.4. The molecule has 1 aromatic rings. The Hall–Kier alpha value is -1.34. The van der Waals surface area contributed by atoms with Crippen LogP contribution in [0.25, 0.3) is 0 Å². The second kappa shape index (κ2) is 5.38. The molecule has 0 amide bonds. The number of benzene rings is 1. The average molecular weight is 322 g/mol. The number of rotatable bonds is 4. The Morgan fingerprint density at radius 3 is 2.41 bits per heavy atom. The third-order valence-corrected chi connectivity index (χ3v) is 4.01. The molecule has 22 heavy (non-hydrogen) atoms. The maximum absolute atomic E-state index is 14.2. The Kier molecular flexibility index (Phi) is 4.16. The third-order valence-electron chi connectivity index (χ3n) is 4.01. The Balaban J connectivity index is 2.46. The topological polar surface area (TPSA) is 49.7 Å². The summed E-state index contributed by atoms with van der Waals surface area (Å²) in [5.74, 6) is -0.444. The molecule has 0 aliphatic carbocycles. The number of halogens is 4. The lowest BCUT2D eigenvalue weighted by Gasteiger charge is -2.37. The van der Waals surface area contributed by atoms with E-state index in [4.69, 9.17) is 9.84 Å². The molecule has 2 N–H and O–H groups in total. The number of fused-ring (bicyclic) bond motifs is 1. The van der Waals surface area contributed by atoms with E-state index in [0.29, 0.717) is 13.0 Å². The van der Waals surface area contributed by atoms with Crippen molar-refractivity contribution in [3.8, 4) is 5.75 Å². The number of aliphatic hydroxyl groups excluding tert-OH is 1. The first-order valence-electron chi connectivity index (χ1n) is 6.86. The molecule has 2 rings (SSSR count). The Bertz CT molecular complexity index is 569. The van der Waals surface area contributed by atoms with E-state index in [2.05, 4.69) is 0 Å². The molecule has 7 heteroatoms. The zero-order chi connectivity index (χ0) is 16.8. The maximum atomic E-state index is 14.2. The van der Waals surface area contributed by atoms with Crippen molar-refractivity contribution in [1.29, 1.82) is 0 Å². The lowest BCUT2D eigenvalue weighted by molar-refractivity contribution is -0.277. The van der Waals surface area contributed by atoms with Crippen LogP contribution in [0.5, 0.6) is 5.75 Å². The smallest absolute Gasteiger partial charge is 0.419 e. The van der Waals surface area contributed by atoms with Crippen molar-refractivity contribution in [2.75, 3.05) is 13.2 Å². The number of aliphatic hydroxyl groups is 2. The summed E-state index contributed by atoms with van der Waals surface area (Å²) >= 11 is 0. The Labute approximate surface area is 125 Å². The van der Waals surface area contributed by atoms with Crippen molar-refractivity contribution in [2.45, 2.75) is 43.9 Å². The molecule has 1 aliphatic rings. The highest BCUT2D eigenvalue weighted by Crippen LogP contribution is 2.46. The van der Waals surface area contributed by atoms with Crippen LogP contribution >= 0.6 is 0 Å². The summed E-state index contributed by atoms with van der Waals surface area (Å²) in [6.45, 7) is 1.63. The zero-order valence-electron chi connectivity index (χ0n) is 12.3. The van der Waals surface area contributed by atoms with Gasteiger partial charge >= 0.3 is 6.18 Å². The minimum atomic E-state index is -5.02. The summed E-state index contributed by atoms with van der Waals surface area (Å²) in [6, 6.07) is 2.73. The van der Waals surface area contributed by atoms with Gasteiger partial charge in [0.15, 0.2) is 5.60 Å². The van der Waals surface area contributed by atoms with Crippen LogP contribution in [-0.4, -0.2) is 35.2 Å². The van der Waals surface area contributed by atoms with Crippen LogP contribution in [0.3, 0.4) is 0 Å². The predicted octanol–water partition coefficient (Wildman–Crippen LogP) is 2.71. The van der Waals surface area contributed by atoms with E-state index < -0.39 is 36.0 Å². The van der Waals surface area contributed by atoms with Crippen molar-refractivity contribution >= 4 is 0 Å².